The number of ether oxygens (including phenoxy) is 2. The zero-order valence-electron chi connectivity index (χ0n) is 22.4. The molecule has 0 saturated heterocycles. The molecule has 1 aliphatic heterocycles. The molecule has 0 spiro atoms. The quantitative estimate of drug-likeness (QED) is 0.206. The van der Waals surface area contributed by atoms with Crippen molar-refractivity contribution in [2.24, 2.45) is 0 Å². The predicted molar refractivity (Wildman–Crippen MR) is 150 cm³/mol. The van der Waals surface area contributed by atoms with Crippen molar-refractivity contribution in [3.05, 3.63) is 88.9 Å². The number of dihydropyridines is 1. The minimum atomic E-state index is -0.734. The van der Waals surface area contributed by atoms with E-state index in [1.54, 1.807) is 18.5 Å². The molecule has 198 valence electrons. The van der Waals surface area contributed by atoms with Gasteiger partial charge in [0, 0.05) is 33.6 Å². The summed E-state index contributed by atoms with van der Waals surface area (Å²) >= 11 is 1.83. The number of unbranched alkanes of at least 4 members (excludes halogenated alkanes) is 1. The molecule has 8 heteroatoms. The van der Waals surface area contributed by atoms with Crippen LogP contribution in [0.2, 0.25) is 0 Å². The summed E-state index contributed by atoms with van der Waals surface area (Å²) < 4.78 is 12.1. The van der Waals surface area contributed by atoms with E-state index >= 15 is 0 Å². The van der Waals surface area contributed by atoms with Crippen molar-refractivity contribution in [3.63, 3.8) is 0 Å². The lowest BCUT2D eigenvalue weighted by atomic mass is 9.79. The molecule has 3 aromatic rings. The van der Waals surface area contributed by atoms with E-state index in [4.69, 9.17) is 14.6 Å². The van der Waals surface area contributed by atoms with Crippen LogP contribution in [0.5, 0.6) is 0 Å². The van der Waals surface area contributed by atoms with E-state index in [2.05, 4.69) is 24.4 Å². The first kappa shape index (κ1) is 27.3. The Balaban J connectivity index is 1.92. The molecule has 38 heavy (non-hydrogen) atoms. The van der Waals surface area contributed by atoms with E-state index in [0.717, 1.165) is 29.8 Å². The number of allylic oxidation sites excluding steroid dienone is 2. The Morgan fingerprint density at radius 3 is 2.11 bits per heavy atom. The third kappa shape index (κ3) is 5.55. The van der Waals surface area contributed by atoms with Crippen molar-refractivity contribution in [1.82, 2.24) is 15.1 Å². The van der Waals surface area contributed by atoms with Gasteiger partial charge in [-0.2, -0.15) is 5.10 Å². The van der Waals surface area contributed by atoms with Crippen LogP contribution in [0.15, 0.2) is 88.2 Å². The number of carbonyl (C=O) groups excluding carboxylic acids is 2. The summed E-state index contributed by atoms with van der Waals surface area (Å²) in [4.78, 5) is 27.4. The second kappa shape index (κ2) is 12.2. The van der Waals surface area contributed by atoms with Gasteiger partial charge in [-0.3, -0.25) is 0 Å². The van der Waals surface area contributed by atoms with Crippen molar-refractivity contribution in [3.8, 4) is 16.9 Å². The number of thioether (sulfide) groups is 1. The summed E-state index contributed by atoms with van der Waals surface area (Å²) in [5.41, 5.74) is 5.06. The van der Waals surface area contributed by atoms with Gasteiger partial charge < -0.3 is 14.8 Å². The SMILES string of the molecule is CCCCSc1ccc(-c2nn(-c3ccccc3)cc2C2C(C(=O)OC)=C(C)NC(C)=C2C(=O)OC)cc1. The zero-order valence-corrected chi connectivity index (χ0v) is 23.2. The van der Waals surface area contributed by atoms with Crippen LogP contribution in [0.3, 0.4) is 0 Å². The molecule has 0 bridgehead atoms. The van der Waals surface area contributed by atoms with Gasteiger partial charge in [0.15, 0.2) is 0 Å². The average Bonchev–Trinajstić information content (AvgIpc) is 3.38. The van der Waals surface area contributed by atoms with Crippen LogP contribution >= 0.6 is 11.8 Å². The van der Waals surface area contributed by atoms with Crippen LogP contribution in [-0.2, 0) is 19.1 Å². The van der Waals surface area contributed by atoms with Crippen LogP contribution in [0.1, 0.15) is 45.1 Å². The lowest BCUT2D eigenvalue weighted by molar-refractivity contribution is -0.137. The summed E-state index contributed by atoms with van der Waals surface area (Å²) in [5.74, 6) is -0.704. The molecule has 2 aromatic carbocycles. The predicted octanol–water partition coefficient (Wildman–Crippen LogP) is 6.01. The maximum atomic E-state index is 13.1. The van der Waals surface area contributed by atoms with Gasteiger partial charge in [0.25, 0.3) is 0 Å². The molecule has 1 N–H and O–H groups in total. The minimum Gasteiger partial charge on any atom is -0.466 e. The van der Waals surface area contributed by atoms with Crippen molar-refractivity contribution in [2.75, 3.05) is 20.0 Å². The Morgan fingerprint density at radius 2 is 1.55 bits per heavy atom. The largest absolute Gasteiger partial charge is 0.466 e. The fourth-order valence-corrected chi connectivity index (χ4v) is 5.64. The zero-order chi connectivity index (χ0) is 27.2. The smallest absolute Gasteiger partial charge is 0.336 e. The first-order chi connectivity index (χ1) is 18.4. The van der Waals surface area contributed by atoms with Crippen LogP contribution in [0, 0.1) is 0 Å². The summed E-state index contributed by atoms with van der Waals surface area (Å²) in [6.45, 7) is 5.80. The highest BCUT2D eigenvalue weighted by atomic mass is 32.2. The molecule has 1 aromatic heterocycles. The van der Waals surface area contributed by atoms with Gasteiger partial charge in [-0.15, -0.1) is 11.8 Å². The summed E-state index contributed by atoms with van der Waals surface area (Å²) in [6.07, 6.45) is 4.21. The number of aromatic nitrogens is 2. The van der Waals surface area contributed by atoms with Gasteiger partial charge in [-0.25, -0.2) is 14.3 Å². The van der Waals surface area contributed by atoms with Crippen LogP contribution in [0.25, 0.3) is 16.9 Å². The number of para-hydroxylation sites is 1. The molecule has 0 aliphatic carbocycles. The Hall–Kier alpha value is -3.78. The highest BCUT2D eigenvalue weighted by Crippen LogP contribution is 2.43. The molecule has 0 radical (unpaired) electrons. The number of benzene rings is 2. The topological polar surface area (TPSA) is 82.5 Å². The Kier molecular flexibility index (Phi) is 8.73. The highest BCUT2D eigenvalue weighted by molar-refractivity contribution is 7.99. The molecule has 4 rings (SSSR count). The van der Waals surface area contributed by atoms with Gasteiger partial charge >= 0.3 is 11.9 Å². The average molecular weight is 532 g/mol. The monoisotopic (exact) mass is 531 g/mol. The number of methoxy groups -OCH3 is 2. The summed E-state index contributed by atoms with van der Waals surface area (Å²) in [6, 6.07) is 18.0. The standard InChI is InChI=1S/C30H33N3O4S/c1-6-7-17-38-23-15-13-21(14-16-23)28-24(18-33(32-28)22-11-9-8-10-12-22)27-25(29(34)36-4)19(2)31-20(3)26(27)30(35)37-5/h8-16,18,27,31H,6-7,17H2,1-5H3. The molecule has 0 fully saturated rings. The number of hydrogen-bond donors (Lipinski definition) is 1. The van der Waals surface area contributed by atoms with E-state index < -0.39 is 17.9 Å². The number of hydrogen-bond acceptors (Lipinski definition) is 7. The van der Waals surface area contributed by atoms with E-state index in [1.807, 2.05) is 60.4 Å². The lowest BCUT2D eigenvalue weighted by Gasteiger charge is -2.29. The molecule has 0 saturated carbocycles. The van der Waals surface area contributed by atoms with Crippen LogP contribution < -0.4 is 5.32 Å². The maximum Gasteiger partial charge on any atom is 0.336 e. The van der Waals surface area contributed by atoms with Gasteiger partial charge in [-0.05, 0) is 50.3 Å². The molecule has 0 amide bonds. The molecule has 2 heterocycles. The Labute approximate surface area is 227 Å². The first-order valence-corrected chi connectivity index (χ1v) is 13.6. The van der Waals surface area contributed by atoms with Crippen molar-refractivity contribution in [2.45, 2.75) is 44.4 Å². The van der Waals surface area contributed by atoms with Gasteiger partial charge in [0.2, 0.25) is 0 Å². The van der Waals surface area contributed by atoms with Crippen LogP contribution in [-0.4, -0.2) is 41.7 Å². The second-order valence-electron chi connectivity index (χ2n) is 9.06. The maximum absolute atomic E-state index is 13.1. The van der Waals surface area contributed by atoms with Crippen molar-refractivity contribution < 1.29 is 19.1 Å². The number of rotatable bonds is 9. The fraction of sp³-hybridized carbons (Fsp3) is 0.300. The van der Waals surface area contributed by atoms with Gasteiger partial charge in [-0.1, -0.05) is 43.7 Å². The molecule has 0 unspecified atom stereocenters. The minimum absolute atomic E-state index is 0.346. The second-order valence-corrected chi connectivity index (χ2v) is 10.2. The van der Waals surface area contributed by atoms with Gasteiger partial charge in [0.1, 0.15) is 0 Å². The van der Waals surface area contributed by atoms with E-state index in [9.17, 15) is 9.59 Å². The molecule has 7 nitrogen and oxygen atoms in total. The first-order valence-electron chi connectivity index (χ1n) is 12.6. The van der Waals surface area contributed by atoms with Gasteiger partial charge in [0.05, 0.1) is 42.7 Å². The summed E-state index contributed by atoms with van der Waals surface area (Å²) in [7, 11) is 2.68. The van der Waals surface area contributed by atoms with Crippen molar-refractivity contribution >= 4 is 23.7 Å². The number of carbonyl (C=O) groups is 2. The lowest BCUT2D eigenvalue weighted by Crippen LogP contribution is -2.32. The van der Waals surface area contributed by atoms with E-state index in [0.29, 0.717) is 33.8 Å². The number of esters is 2. The molecule has 1 aliphatic rings. The molecular formula is C30H33N3O4S. The number of nitrogens with zero attached hydrogens (tertiary/aromatic N) is 2. The fourth-order valence-electron chi connectivity index (χ4n) is 4.65. The third-order valence-electron chi connectivity index (χ3n) is 6.54. The number of nitrogens with one attached hydrogen (secondary N) is 1. The molecular weight excluding hydrogens is 498 g/mol. The normalized spacial score (nSPS) is 13.9. The third-order valence-corrected chi connectivity index (χ3v) is 7.64. The van der Waals surface area contributed by atoms with E-state index in [-0.39, 0.29) is 0 Å². The Bertz CT molecular complexity index is 1340. The highest BCUT2D eigenvalue weighted by Gasteiger charge is 2.40. The van der Waals surface area contributed by atoms with E-state index in [1.165, 1.54) is 19.1 Å². The van der Waals surface area contributed by atoms with Crippen molar-refractivity contribution in [1.29, 1.82) is 0 Å². The van der Waals surface area contributed by atoms with Crippen LogP contribution in [0.4, 0.5) is 0 Å². The molecule has 0 atom stereocenters. The Morgan fingerprint density at radius 1 is 0.947 bits per heavy atom. The summed E-state index contributed by atoms with van der Waals surface area (Å²) in [5, 5.41) is 8.13.